The third-order valence-corrected chi connectivity index (χ3v) is 10.2. The molecule has 4 aromatic carbocycles. The molecule has 0 unspecified atom stereocenters. The lowest BCUT2D eigenvalue weighted by Gasteiger charge is -2.08. The third-order valence-electron chi connectivity index (χ3n) is 9.66. The summed E-state index contributed by atoms with van der Waals surface area (Å²) in [4.78, 5) is 4.01. The number of aromatic nitrogens is 1. The number of hydrogen-bond acceptors (Lipinski definition) is 4. The first-order valence-electron chi connectivity index (χ1n) is 25.8. The van der Waals surface area contributed by atoms with E-state index in [4.69, 9.17) is 32.4 Å². The van der Waals surface area contributed by atoms with Crippen LogP contribution in [0.15, 0.2) is 175 Å². The van der Waals surface area contributed by atoms with Crippen molar-refractivity contribution in [2.75, 3.05) is 7.11 Å². The van der Waals surface area contributed by atoms with E-state index in [1.165, 1.54) is 35.4 Å². The second kappa shape index (κ2) is 38.1. The fourth-order valence-electron chi connectivity index (χ4n) is 5.57. The molecule has 6 rings (SSSR count). The standard InChI is InChI=1S/C12H13F3O.C12H13F3.C12H16O.C11H12Cl2.C10H13N.C9H12O/c1-9(2)3-4-10-5-7-11(8-6-10)16-12(13,14)15;1-9(2)3-4-10-5-7-11(8-6-10)12(13,14)15;1-10(2)4-5-11-6-8-12(13-3)9-7-11;1-8(2)3-4-9-5-6-10(12)7-11(9)13;1-9(2)5-6-10-4-3-7-11-8-10;1-8(2)5-6-9-4-3-7-10-9/h3-9H,1-2H3;3-9H,1-2H3;4-10H,1-3H3;3-8H,1-2H3;3-9H,1-2H3;3-8H,1-2H3/b2*4-3+;5-4+;4-3+;2*6-5+. The molecule has 0 aliphatic carbocycles. The Bertz CT molecular complexity index is 2660. The van der Waals surface area contributed by atoms with Crippen LogP contribution in [-0.4, -0.2) is 18.5 Å². The van der Waals surface area contributed by atoms with Gasteiger partial charge in [0.2, 0.25) is 0 Å². The van der Waals surface area contributed by atoms with Crippen LogP contribution in [0.5, 0.6) is 11.5 Å². The Morgan fingerprint density at radius 2 is 0.897 bits per heavy atom. The fraction of sp³-hybridized carbons (Fsp3) is 0.318. The summed E-state index contributed by atoms with van der Waals surface area (Å²) in [5, 5.41) is 1.37. The highest BCUT2D eigenvalue weighted by Crippen LogP contribution is 2.29. The van der Waals surface area contributed by atoms with Crippen molar-refractivity contribution in [3.05, 3.63) is 220 Å². The number of nitrogens with zero attached hydrogens (tertiary/aromatic N) is 1. The van der Waals surface area contributed by atoms with Gasteiger partial charge >= 0.3 is 12.5 Å². The zero-order valence-electron chi connectivity index (χ0n) is 47.3. The first-order chi connectivity index (χ1) is 36.6. The van der Waals surface area contributed by atoms with Gasteiger partial charge in [-0.2, -0.15) is 13.2 Å². The van der Waals surface area contributed by atoms with Gasteiger partial charge in [-0.15, -0.1) is 13.2 Å². The summed E-state index contributed by atoms with van der Waals surface area (Å²) in [6.07, 6.45) is 20.8. The van der Waals surface area contributed by atoms with E-state index < -0.39 is 18.1 Å². The van der Waals surface area contributed by atoms with Crippen LogP contribution < -0.4 is 9.47 Å². The zero-order valence-corrected chi connectivity index (χ0v) is 48.8. The molecule has 422 valence electrons. The lowest BCUT2D eigenvalue weighted by atomic mass is 10.1. The molecule has 0 amide bonds. The second-order valence-corrected chi connectivity index (χ2v) is 20.4. The number of furan rings is 1. The fourth-order valence-corrected chi connectivity index (χ4v) is 6.05. The van der Waals surface area contributed by atoms with E-state index in [0.717, 1.165) is 40.3 Å². The van der Waals surface area contributed by atoms with Crippen LogP contribution >= 0.6 is 23.2 Å². The van der Waals surface area contributed by atoms with E-state index in [-0.39, 0.29) is 5.75 Å². The molecule has 0 fully saturated rings. The molecule has 0 saturated heterocycles. The minimum absolute atomic E-state index is 0.200. The number of rotatable bonds is 14. The van der Waals surface area contributed by atoms with Crippen LogP contribution in [0.4, 0.5) is 26.3 Å². The highest BCUT2D eigenvalue weighted by Gasteiger charge is 2.31. The van der Waals surface area contributed by atoms with E-state index in [1.807, 2.05) is 119 Å². The Morgan fingerprint density at radius 3 is 1.27 bits per heavy atom. The van der Waals surface area contributed by atoms with Gasteiger partial charge in [-0.25, -0.2) is 0 Å². The van der Waals surface area contributed by atoms with Gasteiger partial charge in [-0.05, 0) is 136 Å². The monoisotopic (exact) mass is 1120 g/mol. The number of pyridine rings is 1. The van der Waals surface area contributed by atoms with Crippen molar-refractivity contribution in [1.29, 1.82) is 0 Å². The summed E-state index contributed by atoms with van der Waals surface area (Å²) in [5.41, 5.74) is 4.43. The molecule has 0 radical (unpaired) electrons. The molecular weight excluding hydrogens is 1040 g/mol. The molecular formula is C66H79Cl2F6NO3. The maximum Gasteiger partial charge on any atom is 0.573 e. The van der Waals surface area contributed by atoms with E-state index in [1.54, 1.807) is 37.8 Å². The van der Waals surface area contributed by atoms with Crippen molar-refractivity contribution in [2.45, 2.75) is 95.6 Å². The van der Waals surface area contributed by atoms with Crippen LogP contribution in [0.1, 0.15) is 122 Å². The molecule has 2 aromatic heterocycles. The second-order valence-electron chi connectivity index (χ2n) is 19.6. The van der Waals surface area contributed by atoms with Gasteiger partial charge in [0.05, 0.1) is 18.9 Å². The van der Waals surface area contributed by atoms with Gasteiger partial charge in [0, 0.05) is 22.4 Å². The largest absolute Gasteiger partial charge is 0.573 e. The summed E-state index contributed by atoms with van der Waals surface area (Å²) in [6, 6.07) is 32.3. The summed E-state index contributed by atoms with van der Waals surface area (Å²) >= 11 is 11.7. The summed E-state index contributed by atoms with van der Waals surface area (Å²) in [7, 11) is 1.68. The number of methoxy groups -OCH3 is 1. The highest BCUT2D eigenvalue weighted by atomic mass is 35.5. The lowest BCUT2D eigenvalue weighted by molar-refractivity contribution is -0.274. The Balaban J connectivity index is 0.000000471. The van der Waals surface area contributed by atoms with Crippen LogP contribution in [0.2, 0.25) is 10.0 Å². The number of benzene rings is 4. The molecule has 0 atom stereocenters. The van der Waals surface area contributed by atoms with E-state index >= 15 is 0 Å². The molecule has 0 N–H and O–H groups in total. The first-order valence-corrected chi connectivity index (χ1v) is 26.6. The minimum atomic E-state index is -4.63. The van der Waals surface area contributed by atoms with E-state index in [0.29, 0.717) is 45.6 Å². The van der Waals surface area contributed by atoms with Crippen LogP contribution in [-0.2, 0) is 6.18 Å². The molecule has 0 bridgehead atoms. The van der Waals surface area contributed by atoms with Crippen molar-refractivity contribution in [1.82, 2.24) is 4.98 Å². The molecule has 2 heterocycles. The summed E-state index contributed by atoms with van der Waals surface area (Å²) in [5.74, 6) is 4.76. The quantitative estimate of drug-likeness (QED) is 0.102. The smallest absolute Gasteiger partial charge is 0.497 e. The normalized spacial score (nSPS) is 11.8. The van der Waals surface area contributed by atoms with Gasteiger partial charge in [-0.1, -0.05) is 222 Å². The topological polar surface area (TPSA) is 44.5 Å². The average Bonchev–Trinajstić information content (AvgIpc) is 3.91. The lowest BCUT2D eigenvalue weighted by Crippen LogP contribution is -2.16. The molecule has 0 aliphatic heterocycles. The Labute approximate surface area is 471 Å². The van der Waals surface area contributed by atoms with Crippen molar-refractivity contribution >= 4 is 59.7 Å². The van der Waals surface area contributed by atoms with Gasteiger partial charge in [0.1, 0.15) is 17.3 Å². The summed E-state index contributed by atoms with van der Waals surface area (Å²) < 4.78 is 86.2. The number of hydrogen-bond donors (Lipinski definition) is 0. The van der Waals surface area contributed by atoms with Crippen LogP contribution in [0, 0.1) is 35.5 Å². The SMILES string of the molecule is CC(C)/C=C/c1ccc(C(F)(F)F)cc1.CC(C)/C=C/c1ccc(Cl)cc1Cl.CC(C)/C=C/c1ccc(OC(F)(F)F)cc1.CC(C)/C=C/c1cccnc1.CC(C)/C=C/c1ccco1.COc1ccc(/C=C/C(C)C)cc1. The minimum Gasteiger partial charge on any atom is -0.497 e. The Kier molecular flexibility index (Phi) is 34.0. The number of ether oxygens (including phenoxy) is 2. The molecule has 0 saturated carbocycles. The van der Waals surface area contributed by atoms with Crippen molar-refractivity contribution in [2.24, 2.45) is 35.5 Å². The summed E-state index contributed by atoms with van der Waals surface area (Å²) in [6.45, 7) is 25.3. The van der Waals surface area contributed by atoms with Crippen LogP contribution in [0.25, 0.3) is 36.5 Å². The van der Waals surface area contributed by atoms with E-state index in [2.05, 4.69) is 114 Å². The first kappa shape index (κ1) is 69.5. The number of halogens is 8. The molecule has 0 spiro atoms. The molecule has 0 aliphatic rings. The number of alkyl halides is 6. The van der Waals surface area contributed by atoms with Crippen molar-refractivity contribution in [3.8, 4) is 11.5 Å². The van der Waals surface area contributed by atoms with Gasteiger partial charge < -0.3 is 13.9 Å². The maximum atomic E-state index is 12.2. The van der Waals surface area contributed by atoms with Crippen LogP contribution in [0.3, 0.4) is 0 Å². The molecule has 4 nitrogen and oxygen atoms in total. The third kappa shape index (κ3) is 36.5. The average molecular weight is 1120 g/mol. The van der Waals surface area contributed by atoms with Crippen molar-refractivity contribution in [3.63, 3.8) is 0 Å². The highest BCUT2D eigenvalue weighted by molar-refractivity contribution is 6.35. The Hall–Kier alpha value is -6.49. The van der Waals surface area contributed by atoms with Gasteiger partial charge in [0.15, 0.2) is 0 Å². The number of allylic oxidation sites excluding steroid dienone is 6. The molecule has 6 aromatic rings. The van der Waals surface area contributed by atoms with Crippen molar-refractivity contribution < 1.29 is 40.2 Å². The molecule has 78 heavy (non-hydrogen) atoms. The predicted octanol–water partition coefficient (Wildman–Crippen LogP) is 22.4. The van der Waals surface area contributed by atoms with E-state index in [9.17, 15) is 26.3 Å². The predicted molar refractivity (Wildman–Crippen MR) is 320 cm³/mol. The van der Waals surface area contributed by atoms with Gasteiger partial charge in [0.25, 0.3) is 0 Å². The zero-order chi connectivity index (χ0) is 58.7. The van der Waals surface area contributed by atoms with Gasteiger partial charge in [-0.3, -0.25) is 4.98 Å². The molecule has 12 heteroatoms. The maximum absolute atomic E-state index is 12.2. The Morgan fingerprint density at radius 1 is 0.474 bits per heavy atom.